The number of anilines is 1. The first-order valence-electron chi connectivity index (χ1n) is 9.31. The van der Waals surface area contributed by atoms with Crippen LogP contribution < -0.4 is 10.6 Å². The van der Waals surface area contributed by atoms with Crippen molar-refractivity contribution in [3.8, 4) is 0 Å². The molecule has 1 aromatic carbocycles. The van der Waals surface area contributed by atoms with Crippen molar-refractivity contribution in [2.24, 2.45) is 5.92 Å². The third-order valence-corrected chi connectivity index (χ3v) is 4.93. The summed E-state index contributed by atoms with van der Waals surface area (Å²) in [5.74, 6) is 0.723. The third-order valence-electron chi connectivity index (χ3n) is 4.93. The van der Waals surface area contributed by atoms with Crippen molar-refractivity contribution in [2.45, 2.75) is 38.9 Å². The van der Waals surface area contributed by atoms with E-state index < -0.39 is 0 Å². The average molecular weight is 364 g/mol. The summed E-state index contributed by atoms with van der Waals surface area (Å²) in [4.78, 5) is 12.2. The summed E-state index contributed by atoms with van der Waals surface area (Å²) < 4.78 is 3.81. The van der Waals surface area contributed by atoms with Gasteiger partial charge in [0.25, 0.3) is 0 Å². The predicted octanol–water partition coefficient (Wildman–Crippen LogP) is 3.42. The van der Waals surface area contributed by atoms with E-state index in [0.717, 1.165) is 17.0 Å². The highest BCUT2D eigenvalue weighted by Gasteiger charge is 2.29. The molecule has 2 heterocycles. The fraction of sp³-hybridized carbons (Fsp3) is 0.350. The van der Waals surface area contributed by atoms with Crippen LogP contribution in [-0.2, 0) is 13.1 Å². The first-order valence-corrected chi connectivity index (χ1v) is 9.31. The van der Waals surface area contributed by atoms with Crippen LogP contribution in [-0.4, -0.2) is 25.6 Å². The van der Waals surface area contributed by atoms with Crippen LogP contribution in [0.3, 0.4) is 0 Å². The molecule has 3 aromatic rings. The summed E-state index contributed by atoms with van der Waals surface area (Å²) in [6.07, 6.45) is 9.83. The Hall–Kier alpha value is -3.09. The van der Waals surface area contributed by atoms with Crippen LogP contribution in [0, 0.1) is 5.92 Å². The van der Waals surface area contributed by atoms with Crippen LogP contribution in [0.1, 0.15) is 36.9 Å². The van der Waals surface area contributed by atoms with Gasteiger partial charge in [0, 0.05) is 25.1 Å². The maximum atomic E-state index is 12.2. The topological polar surface area (TPSA) is 76.8 Å². The van der Waals surface area contributed by atoms with E-state index in [-0.39, 0.29) is 6.03 Å². The monoisotopic (exact) mass is 364 g/mol. The Labute approximate surface area is 158 Å². The summed E-state index contributed by atoms with van der Waals surface area (Å²) >= 11 is 0. The van der Waals surface area contributed by atoms with Crippen molar-refractivity contribution in [1.82, 2.24) is 24.9 Å². The van der Waals surface area contributed by atoms with Crippen molar-refractivity contribution >= 4 is 11.7 Å². The highest BCUT2D eigenvalue weighted by Crippen LogP contribution is 2.39. The van der Waals surface area contributed by atoms with E-state index in [1.54, 1.807) is 12.4 Å². The van der Waals surface area contributed by atoms with Gasteiger partial charge in [-0.3, -0.25) is 9.36 Å². The van der Waals surface area contributed by atoms with Crippen LogP contribution in [0.5, 0.6) is 0 Å². The van der Waals surface area contributed by atoms with E-state index in [0.29, 0.717) is 24.8 Å². The van der Waals surface area contributed by atoms with Gasteiger partial charge in [0.1, 0.15) is 0 Å². The highest BCUT2D eigenvalue weighted by atomic mass is 16.2. The Balaban J connectivity index is 1.29. The molecule has 1 atom stereocenters. The Bertz CT molecular complexity index is 897. The summed E-state index contributed by atoms with van der Waals surface area (Å²) in [5.41, 5.74) is 2.91. The number of hydrogen-bond donors (Lipinski definition) is 2. The normalized spacial score (nSPS) is 14.7. The number of nitrogens with one attached hydrogen (secondary N) is 2. The number of carbonyl (C=O) groups excluding carboxylic acids is 1. The number of rotatable bonds is 7. The lowest BCUT2D eigenvalue weighted by molar-refractivity contribution is 0.251. The molecular weight excluding hydrogens is 340 g/mol. The molecule has 0 saturated heterocycles. The lowest BCUT2D eigenvalue weighted by Gasteiger charge is -2.10. The molecule has 7 nitrogen and oxygen atoms in total. The Morgan fingerprint density at radius 3 is 2.89 bits per heavy atom. The molecule has 0 bridgehead atoms. The molecule has 1 unspecified atom stereocenters. The SMILES string of the molecule is CC(C1CC1)n1cc(NC(=O)NCc2cccc(Cn3cccn3)c2)cn1. The third kappa shape index (κ3) is 4.55. The van der Waals surface area contributed by atoms with E-state index in [9.17, 15) is 4.79 Å². The molecule has 140 valence electrons. The zero-order chi connectivity index (χ0) is 18.6. The number of benzene rings is 1. The van der Waals surface area contributed by atoms with E-state index in [1.165, 1.54) is 12.8 Å². The van der Waals surface area contributed by atoms with E-state index in [4.69, 9.17) is 0 Å². The summed E-state index contributed by atoms with van der Waals surface area (Å²) in [7, 11) is 0. The molecule has 1 aliphatic carbocycles. The predicted molar refractivity (Wildman–Crippen MR) is 103 cm³/mol. The number of carbonyl (C=O) groups is 1. The number of hydrogen-bond acceptors (Lipinski definition) is 3. The molecule has 1 aliphatic rings. The van der Waals surface area contributed by atoms with Crippen LogP contribution in [0.25, 0.3) is 0 Å². The van der Waals surface area contributed by atoms with Gasteiger partial charge >= 0.3 is 6.03 Å². The highest BCUT2D eigenvalue weighted by molar-refractivity contribution is 5.88. The largest absolute Gasteiger partial charge is 0.334 e. The minimum Gasteiger partial charge on any atom is -0.334 e. The standard InChI is InChI=1S/C20H24N6O/c1-15(18-6-7-18)26-14-19(12-23-26)24-20(27)21-11-16-4-2-5-17(10-16)13-25-9-3-8-22-25/h2-5,8-10,12,14-15,18H,6-7,11,13H2,1H3,(H2,21,24,27). The van der Waals surface area contributed by atoms with Gasteiger partial charge in [-0.25, -0.2) is 4.79 Å². The van der Waals surface area contributed by atoms with Crippen LogP contribution >= 0.6 is 0 Å². The van der Waals surface area contributed by atoms with Gasteiger partial charge in [-0.15, -0.1) is 0 Å². The fourth-order valence-electron chi connectivity index (χ4n) is 3.20. The molecule has 1 fully saturated rings. The van der Waals surface area contributed by atoms with Crippen LogP contribution in [0.4, 0.5) is 10.5 Å². The van der Waals surface area contributed by atoms with E-state index in [1.807, 2.05) is 40.0 Å². The molecule has 0 spiro atoms. The van der Waals surface area contributed by atoms with Gasteiger partial charge in [0.2, 0.25) is 0 Å². The Morgan fingerprint density at radius 1 is 1.26 bits per heavy atom. The second-order valence-corrected chi connectivity index (χ2v) is 7.12. The maximum Gasteiger partial charge on any atom is 0.319 e. The molecule has 0 aliphatic heterocycles. The van der Waals surface area contributed by atoms with E-state index >= 15 is 0 Å². The summed E-state index contributed by atoms with van der Waals surface area (Å²) in [6.45, 7) is 3.35. The molecule has 1 saturated carbocycles. The van der Waals surface area contributed by atoms with Crippen molar-refractivity contribution in [3.63, 3.8) is 0 Å². The van der Waals surface area contributed by atoms with Crippen molar-refractivity contribution in [2.75, 3.05) is 5.32 Å². The molecular formula is C20H24N6O. The first kappa shape index (κ1) is 17.3. The van der Waals surface area contributed by atoms with Crippen LogP contribution in [0.15, 0.2) is 55.1 Å². The number of amides is 2. The average Bonchev–Trinajstić information content (AvgIpc) is 3.20. The zero-order valence-corrected chi connectivity index (χ0v) is 15.4. The quantitative estimate of drug-likeness (QED) is 0.674. The zero-order valence-electron chi connectivity index (χ0n) is 15.4. The van der Waals surface area contributed by atoms with Crippen molar-refractivity contribution in [3.05, 3.63) is 66.2 Å². The second-order valence-electron chi connectivity index (χ2n) is 7.12. The molecule has 2 N–H and O–H groups in total. The molecule has 2 amide bonds. The van der Waals surface area contributed by atoms with Crippen molar-refractivity contribution in [1.29, 1.82) is 0 Å². The Morgan fingerprint density at radius 2 is 2.11 bits per heavy atom. The number of urea groups is 1. The fourth-order valence-corrected chi connectivity index (χ4v) is 3.20. The number of nitrogens with zero attached hydrogens (tertiary/aromatic N) is 4. The van der Waals surface area contributed by atoms with Gasteiger partial charge in [-0.05, 0) is 42.9 Å². The van der Waals surface area contributed by atoms with Crippen molar-refractivity contribution < 1.29 is 4.79 Å². The smallest absolute Gasteiger partial charge is 0.319 e. The van der Waals surface area contributed by atoms with Crippen LogP contribution in [0.2, 0.25) is 0 Å². The lowest BCUT2D eigenvalue weighted by atomic mass is 10.1. The number of aromatic nitrogens is 4. The summed E-state index contributed by atoms with van der Waals surface area (Å²) in [5, 5.41) is 14.3. The van der Waals surface area contributed by atoms with Gasteiger partial charge < -0.3 is 10.6 Å². The van der Waals surface area contributed by atoms with Gasteiger partial charge in [-0.1, -0.05) is 24.3 Å². The molecule has 4 rings (SSSR count). The first-order chi connectivity index (χ1) is 13.2. The molecule has 2 aromatic heterocycles. The van der Waals surface area contributed by atoms with Gasteiger partial charge in [0.15, 0.2) is 0 Å². The lowest BCUT2D eigenvalue weighted by Crippen LogP contribution is -2.28. The minimum absolute atomic E-state index is 0.230. The molecule has 27 heavy (non-hydrogen) atoms. The summed E-state index contributed by atoms with van der Waals surface area (Å²) in [6, 6.07) is 10.2. The molecule has 0 radical (unpaired) electrons. The minimum atomic E-state index is -0.230. The van der Waals surface area contributed by atoms with Gasteiger partial charge in [-0.2, -0.15) is 10.2 Å². The Kier molecular flexibility index (Phi) is 4.91. The van der Waals surface area contributed by atoms with E-state index in [2.05, 4.69) is 39.9 Å². The second kappa shape index (κ2) is 7.65. The molecule has 7 heteroatoms. The maximum absolute atomic E-state index is 12.2. The van der Waals surface area contributed by atoms with Gasteiger partial charge in [0.05, 0.1) is 24.5 Å².